The third-order valence-electron chi connectivity index (χ3n) is 1.86. The van der Waals surface area contributed by atoms with Crippen LogP contribution in [0.1, 0.15) is 5.56 Å². The minimum atomic E-state index is -0.304. The number of hydrogen-bond donors (Lipinski definition) is 1. The highest BCUT2D eigenvalue weighted by atomic mass is 79.9. The highest BCUT2D eigenvalue weighted by molar-refractivity contribution is 9.10. The van der Waals surface area contributed by atoms with E-state index in [2.05, 4.69) is 21.2 Å². The molecule has 0 aliphatic heterocycles. The van der Waals surface area contributed by atoms with Gasteiger partial charge in [-0.1, -0.05) is 15.9 Å². The number of ether oxygens (including phenoxy) is 1. The summed E-state index contributed by atoms with van der Waals surface area (Å²) in [4.78, 5) is 11.1. The molecule has 0 spiro atoms. The van der Waals surface area contributed by atoms with Gasteiger partial charge in [-0.3, -0.25) is 4.79 Å². The number of carbonyl (C=O) groups is 1. The normalized spacial score (nSPS) is 9.31. The predicted molar refractivity (Wildman–Crippen MR) is 63.0 cm³/mol. The van der Waals surface area contributed by atoms with Crippen molar-refractivity contribution < 1.29 is 9.53 Å². The maximum Gasteiger partial charge on any atom is 0.258 e. The average Bonchev–Trinajstić information content (AvgIpc) is 2.28. The number of amides is 1. The minimum Gasteiger partial charge on any atom is -0.484 e. The fourth-order valence-electron chi connectivity index (χ4n) is 1.04. The molecule has 84 valence electrons. The molecule has 0 saturated heterocycles. The second-order valence-corrected chi connectivity index (χ2v) is 3.99. The first-order valence-electron chi connectivity index (χ1n) is 4.66. The highest BCUT2D eigenvalue weighted by Crippen LogP contribution is 2.21. The number of nitriles is 1. The lowest BCUT2D eigenvalue weighted by Crippen LogP contribution is -2.29. The van der Waals surface area contributed by atoms with E-state index in [-0.39, 0.29) is 19.1 Å². The van der Waals surface area contributed by atoms with Crippen molar-refractivity contribution in [2.45, 2.75) is 6.92 Å². The molecule has 0 aromatic heterocycles. The number of carbonyl (C=O) groups excluding carboxylic acids is 1. The van der Waals surface area contributed by atoms with Crippen molar-refractivity contribution in [3.05, 3.63) is 28.2 Å². The van der Waals surface area contributed by atoms with Gasteiger partial charge >= 0.3 is 0 Å². The molecule has 1 N–H and O–H groups in total. The second-order valence-electron chi connectivity index (χ2n) is 3.13. The van der Waals surface area contributed by atoms with Gasteiger partial charge in [0.2, 0.25) is 0 Å². The highest BCUT2D eigenvalue weighted by Gasteiger charge is 2.02. The van der Waals surface area contributed by atoms with Crippen LogP contribution in [0.5, 0.6) is 5.75 Å². The van der Waals surface area contributed by atoms with Crippen LogP contribution in [0.15, 0.2) is 22.7 Å². The van der Waals surface area contributed by atoms with E-state index < -0.39 is 0 Å². The van der Waals surface area contributed by atoms with Crippen LogP contribution in [0, 0.1) is 18.3 Å². The number of aryl methyl sites for hydroxylation is 1. The summed E-state index contributed by atoms with van der Waals surface area (Å²) in [6.45, 7) is 1.86. The van der Waals surface area contributed by atoms with Crippen molar-refractivity contribution in [3.8, 4) is 11.8 Å². The van der Waals surface area contributed by atoms with Crippen molar-refractivity contribution in [3.63, 3.8) is 0 Å². The van der Waals surface area contributed by atoms with E-state index in [1.807, 2.05) is 25.1 Å². The molecule has 0 unspecified atom stereocenters. The molecule has 0 fully saturated rings. The average molecular weight is 283 g/mol. The molecule has 1 aromatic rings. The van der Waals surface area contributed by atoms with Crippen molar-refractivity contribution in [2.75, 3.05) is 13.2 Å². The quantitative estimate of drug-likeness (QED) is 0.857. The molecule has 1 rings (SSSR count). The molecule has 0 heterocycles. The zero-order valence-corrected chi connectivity index (χ0v) is 10.4. The molecular formula is C11H11BrN2O2. The van der Waals surface area contributed by atoms with Gasteiger partial charge < -0.3 is 10.1 Å². The zero-order valence-electron chi connectivity index (χ0n) is 8.79. The Morgan fingerprint density at radius 2 is 2.38 bits per heavy atom. The first kappa shape index (κ1) is 12.5. The van der Waals surface area contributed by atoms with Crippen molar-refractivity contribution >= 4 is 21.8 Å². The molecular weight excluding hydrogens is 272 g/mol. The number of nitrogens with zero attached hydrogens (tertiary/aromatic N) is 1. The Balaban J connectivity index is 2.46. The molecule has 0 saturated carbocycles. The van der Waals surface area contributed by atoms with Gasteiger partial charge in [-0.25, -0.2) is 0 Å². The molecule has 0 aliphatic carbocycles. The monoisotopic (exact) mass is 282 g/mol. The molecule has 1 aromatic carbocycles. The van der Waals surface area contributed by atoms with E-state index in [0.29, 0.717) is 5.75 Å². The van der Waals surface area contributed by atoms with Gasteiger partial charge in [-0.05, 0) is 30.7 Å². The lowest BCUT2D eigenvalue weighted by Gasteiger charge is -2.07. The van der Waals surface area contributed by atoms with Crippen molar-refractivity contribution in [1.82, 2.24) is 5.32 Å². The van der Waals surface area contributed by atoms with E-state index in [1.165, 1.54) is 0 Å². The summed E-state index contributed by atoms with van der Waals surface area (Å²) in [5.41, 5.74) is 1.04. The molecule has 0 aliphatic rings. The van der Waals surface area contributed by atoms with Gasteiger partial charge in [-0.2, -0.15) is 5.26 Å². The Labute approximate surface area is 102 Å². The summed E-state index contributed by atoms with van der Waals surface area (Å²) in [5, 5.41) is 10.7. The van der Waals surface area contributed by atoms with Crippen LogP contribution in [0.3, 0.4) is 0 Å². The van der Waals surface area contributed by atoms with Crippen LogP contribution in [-0.2, 0) is 4.79 Å². The van der Waals surface area contributed by atoms with E-state index in [0.717, 1.165) is 10.0 Å². The summed E-state index contributed by atoms with van der Waals surface area (Å²) in [7, 11) is 0. The lowest BCUT2D eigenvalue weighted by molar-refractivity contribution is -0.122. The van der Waals surface area contributed by atoms with Crippen LogP contribution in [0.4, 0.5) is 0 Å². The van der Waals surface area contributed by atoms with Gasteiger partial charge in [0.25, 0.3) is 5.91 Å². The molecule has 0 atom stereocenters. The van der Waals surface area contributed by atoms with Crippen molar-refractivity contribution in [1.29, 1.82) is 5.26 Å². The molecule has 0 radical (unpaired) electrons. The Bertz CT molecular complexity index is 426. The first-order valence-corrected chi connectivity index (χ1v) is 5.45. The smallest absolute Gasteiger partial charge is 0.258 e. The van der Waals surface area contributed by atoms with E-state index >= 15 is 0 Å². The summed E-state index contributed by atoms with van der Waals surface area (Å²) in [5.74, 6) is 0.329. The Morgan fingerprint density at radius 1 is 1.62 bits per heavy atom. The second kappa shape index (κ2) is 6.13. The lowest BCUT2D eigenvalue weighted by atomic mass is 10.2. The summed E-state index contributed by atoms with van der Waals surface area (Å²) in [6, 6.07) is 7.29. The fourth-order valence-corrected chi connectivity index (χ4v) is 1.29. The third kappa shape index (κ3) is 3.91. The number of hydrogen-bond acceptors (Lipinski definition) is 3. The van der Waals surface area contributed by atoms with Crippen LogP contribution < -0.4 is 10.1 Å². The molecule has 5 heteroatoms. The molecule has 1 amide bonds. The van der Waals surface area contributed by atoms with Gasteiger partial charge in [0, 0.05) is 4.47 Å². The van der Waals surface area contributed by atoms with Crippen LogP contribution in [0.25, 0.3) is 0 Å². The molecule has 4 nitrogen and oxygen atoms in total. The molecule has 0 bridgehead atoms. The largest absolute Gasteiger partial charge is 0.484 e. The zero-order chi connectivity index (χ0) is 12.0. The third-order valence-corrected chi connectivity index (χ3v) is 2.75. The Hall–Kier alpha value is -1.54. The van der Waals surface area contributed by atoms with Gasteiger partial charge in [0.05, 0.1) is 6.07 Å². The maximum atomic E-state index is 11.1. The van der Waals surface area contributed by atoms with Crippen LogP contribution >= 0.6 is 15.9 Å². The van der Waals surface area contributed by atoms with E-state index in [9.17, 15) is 4.79 Å². The Kier molecular flexibility index (Phi) is 4.80. The Morgan fingerprint density at radius 3 is 3.00 bits per heavy atom. The SMILES string of the molecule is Cc1cc(OCC(=O)NCC#N)ccc1Br. The van der Waals surface area contributed by atoms with Crippen LogP contribution in [-0.4, -0.2) is 19.1 Å². The van der Waals surface area contributed by atoms with Crippen molar-refractivity contribution in [2.24, 2.45) is 0 Å². The fraction of sp³-hybridized carbons (Fsp3) is 0.273. The van der Waals surface area contributed by atoms with E-state index in [4.69, 9.17) is 10.00 Å². The van der Waals surface area contributed by atoms with Gasteiger partial charge in [0.15, 0.2) is 6.61 Å². The van der Waals surface area contributed by atoms with Gasteiger partial charge in [0.1, 0.15) is 12.3 Å². The maximum absolute atomic E-state index is 11.1. The van der Waals surface area contributed by atoms with Gasteiger partial charge in [-0.15, -0.1) is 0 Å². The van der Waals surface area contributed by atoms with E-state index in [1.54, 1.807) is 6.07 Å². The summed E-state index contributed by atoms with van der Waals surface area (Å²) in [6.07, 6.45) is 0. The number of nitrogens with one attached hydrogen (secondary N) is 1. The minimum absolute atomic E-state index is 0.00155. The summed E-state index contributed by atoms with van der Waals surface area (Å²) < 4.78 is 6.25. The van der Waals surface area contributed by atoms with Crippen LogP contribution in [0.2, 0.25) is 0 Å². The number of halogens is 1. The number of benzene rings is 1. The standard InChI is InChI=1S/C11H11BrN2O2/c1-8-6-9(2-3-10(8)12)16-7-11(15)14-5-4-13/h2-3,6H,5,7H2,1H3,(H,14,15). The predicted octanol–water partition coefficient (Wildman–Crippen LogP) is 1.78. The molecule has 16 heavy (non-hydrogen) atoms. The first-order chi connectivity index (χ1) is 7.63. The topological polar surface area (TPSA) is 62.1 Å². The summed E-state index contributed by atoms with van der Waals surface area (Å²) >= 11 is 3.37. The number of rotatable bonds is 4.